The number of alkyl halides is 1. The van der Waals surface area contributed by atoms with E-state index in [1.807, 2.05) is 19.1 Å². The highest BCUT2D eigenvalue weighted by Crippen LogP contribution is 2.27. The number of carbonyl (C=O) groups excluding carboxylic acids is 1. The number of anilines is 1. The average Bonchev–Trinajstić information content (AvgIpc) is 2.16. The summed E-state index contributed by atoms with van der Waals surface area (Å²) < 4.78 is 0. The molecule has 1 rings (SSSR count). The lowest BCUT2D eigenvalue weighted by atomic mass is 10.00. The standard InChI is InChI=1S/C11H14ClNO/c1-3-8-4-5-9(13)6-10(8)11(12)7(2)14/h4-6,11H,3,13H2,1-2H3. The van der Waals surface area contributed by atoms with Crippen LogP contribution in [0.4, 0.5) is 5.69 Å². The van der Waals surface area contributed by atoms with E-state index in [1.165, 1.54) is 6.92 Å². The van der Waals surface area contributed by atoms with E-state index in [-0.39, 0.29) is 5.78 Å². The molecule has 0 aromatic heterocycles. The van der Waals surface area contributed by atoms with Gasteiger partial charge >= 0.3 is 0 Å². The molecular formula is C11H14ClNO. The van der Waals surface area contributed by atoms with Crippen LogP contribution >= 0.6 is 11.6 Å². The number of carbonyl (C=O) groups is 1. The van der Waals surface area contributed by atoms with Gasteiger partial charge in [0, 0.05) is 5.69 Å². The molecule has 14 heavy (non-hydrogen) atoms. The molecule has 3 heteroatoms. The maximum Gasteiger partial charge on any atom is 0.152 e. The number of aryl methyl sites for hydroxylation is 1. The highest BCUT2D eigenvalue weighted by Gasteiger charge is 2.16. The van der Waals surface area contributed by atoms with Gasteiger partial charge in [-0.2, -0.15) is 0 Å². The maximum absolute atomic E-state index is 11.2. The Balaban J connectivity index is 3.16. The molecule has 0 aliphatic carbocycles. The topological polar surface area (TPSA) is 43.1 Å². The van der Waals surface area contributed by atoms with Crippen molar-refractivity contribution in [1.29, 1.82) is 0 Å². The number of nitrogen functional groups attached to an aromatic ring is 1. The van der Waals surface area contributed by atoms with Gasteiger partial charge in [0.05, 0.1) is 0 Å². The number of hydrogen-bond acceptors (Lipinski definition) is 2. The first-order valence-corrected chi connectivity index (χ1v) is 5.02. The van der Waals surface area contributed by atoms with E-state index in [2.05, 4.69) is 0 Å². The predicted octanol–water partition coefficient (Wildman–Crippen LogP) is 2.70. The summed E-state index contributed by atoms with van der Waals surface area (Å²) in [4.78, 5) is 11.2. The molecule has 1 aromatic carbocycles. The molecule has 0 amide bonds. The predicted molar refractivity (Wildman–Crippen MR) is 59.5 cm³/mol. The highest BCUT2D eigenvalue weighted by atomic mass is 35.5. The monoisotopic (exact) mass is 211 g/mol. The first-order valence-electron chi connectivity index (χ1n) is 4.59. The Morgan fingerprint density at radius 3 is 2.71 bits per heavy atom. The first kappa shape index (κ1) is 11.1. The van der Waals surface area contributed by atoms with E-state index in [0.29, 0.717) is 5.69 Å². The molecule has 76 valence electrons. The SMILES string of the molecule is CCc1ccc(N)cc1C(Cl)C(C)=O. The summed E-state index contributed by atoms with van der Waals surface area (Å²) in [5.74, 6) is -0.0491. The van der Waals surface area contributed by atoms with Crippen LogP contribution in [0.1, 0.15) is 30.4 Å². The van der Waals surface area contributed by atoms with Crippen molar-refractivity contribution in [2.75, 3.05) is 5.73 Å². The van der Waals surface area contributed by atoms with Gasteiger partial charge in [0.15, 0.2) is 5.78 Å². The van der Waals surface area contributed by atoms with Gasteiger partial charge < -0.3 is 5.73 Å². The number of nitrogens with two attached hydrogens (primary N) is 1. The smallest absolute Gasteiger partial charge is 0.152 e. The summed E-state index contributed by atoms with van der Waals surface area (Å²) in [6.07, 6.45) is 0.853. The van der Waals surface area contributed by atoms with Crippen molar-refractivity contribution in [3.05, 3.63) is 29.3 Å². The van der Waals surface area contributed by atoms with Crippen LogP contribution in [0.25, 0.3) is 0 Å². The molecule has 1 aromatic rings. The fourth-order valence-electron chi connectivity index (χ4n) is 1.39. The van der Waals surface area contributed by atoms with Crippen LogP contribution in [0.5, 0.6) is 0 Å². The summed E-state index contributed by atoms with van der Waals surface area (Å²) in [5.41, 5.74) is 8.21. The minimum Gasteiger partial charge on any atom is -0.399 e. The van der Waals surface area contributed by atoms with E-state index in [0.717, 1.165) is 17.5 Å². The van der Waals surface area contributed by atoms with Crippen LogP contribution in [0.15, 0.2) is 18.2 Å². The molecule has 0 aliphatic rings. The molecule has 0 radical (unpaired) electrons. The quantitative estimate of drug-likeness (QED) is 0.617. The minimum atomic E-state index is -0.576. The Morgan fingerprint density at radius 1 is 1.57 bits per heavy atom. The number of Topliss-reactive ketones (excluding diaryl/α,β-unsaturated/α-hetero) is 1. The third kappa shape index (κ3) is 2.26. The molecule has 0 saturated carbocycles. The third-order valence-corrected chi connectivity index (χ3v) is 2.72. The molecule has 0 spiro atoms. The van der Waals surface area contributed by atoms with E-state index in [9.17, 15) is 4.79 Å². The van der Waals surface area contributed by atoms with Gasteiger partial charge in [0.2, 0.25) is 0 Å². The molecule has 2 nitrogen and oxygen atoms in total. The van der Waals surface area contributed by atoms with Gasteiger partial charge in [-0.3, -0.25) is 4.79 Å². The van der Waals surface area contributed by atoms with Crippen LogP contribution in [-0.4, -0.2) is 5.78 Å². The lowest BCUT2D eigenvalue weighted by Gasteiger charge is -2.12. The fraction of sp³-hybridized carbons (Fsp3) is 0.364. The summed E-state index contributed by atoms with van der Waals surface area (Å²) >= 11 is 5.99. The Kier molecular flexibility index (Phi) is 3.53. The van der Waals surface area contributed by atoms with Gasteiger partial charge in [0.25, 0.3) is 0 Å². The van der Waals surface area contributed by atoms with Crippen molar-refractivity contribution in [2.45, 2.75) is 25.6 Å². The second-order valence-electron chi connectivity index (χ2n) is 3.29. The summed E-state index contributed by atoms with van der Waals surface area (Å²) in [6, 6.07) is 5.52. The molecular weight excluding hydrogens is 198 g/mol. The van der Waals surface area contributed by atoms with Gasteiger partial charge in [0.1, 0.15) is 5.38 Å². The molecule has 0 aliphatic heterocycles. The van der Waals surface area contributed by atoms with Gasteiger partial charge in [-0.15, -0.1) is 11.6 Å². The summed E-state index contributed by atoms with van der Waals surface area (Å²) in [7, 11) is 0. The molecule has 1 atom stereocenters. The molecule has 0 saturated heterocycles. The first-order chi connectivity index (χ1) is 6.56. The number of halogens is 1. The fourth-order valence-corrected chi connectivity index (χ4v) is 1.59. The number of hydrogen-bond donors (Lipinski definition) is 1. The van der Waals surface area contributed by atoms with Crippen LogP contribution in [0, 0.1) is 0 Å². The summed E-state index contributed by atoms with van der Waals surface area (Å²) in [5, 5.41) is -0.576. The van der Waals surface area contributed by atoms with Crippen molar-refractivity contribution < 1.29 is 4.79 Å². The number of rotatable bonds is 3. The van der Waals surface area contributed by atoms with Crippen LogP contribution in [0.2, 0.25) is 0 Å². The van der Waals surface area contributed by atoms with E-state index >= 15 is 0 Å². The van der Waals surface area contributed by atoms with Crippen LogP contribution in [-0.2, 0) is 11.2 Å². The van der Waals surface area contributed by atoms with Crippen LogP contribution < -0.4 is 5.73 Å². The molecule has 2 N–H and O–H groups in total. The number of benzene rings is 1. The molecule has 0 fully saturated rings. The third-order valence-electron chi connectivity index (χ3n) is 2.18. The highest BCUT2D eigenvalue weighted by molar-refractivity contribution is 6.30. The molecule has 0 bridgehead atoms. The lowest BCUT2D eigenvalue weighted by molar-refractivity contribution is -0.116. The second kappa shape index (κ2) is 4.47. The van der Waals surface area contributed by atoms with Crippen molar-refractivity contribution in [1.82, 2.24) is 0 Å². The molecule has 0 heterocycles. The zero-order valence-corrected chi connectivity index (χ0v) is 9.14. The van der Waals surface area contributed by atoms with E-state index in [4.69, 9.17) is 17.3 Å². The van der Waals surface area contributed by atoms with E-state index < -0.39 is 5.38 Å². The Bertz CT molecular complexity index is 349. The largest absolute Gasteiger partial charge is 0.399 e. The van der Waals surface area contributed by atoms with Gasteiger partial charge in [-0.05, 0) is 36.6 Å². The Hall–Kier alpha value is -1.02. The minimum absolute atomic E-state index is 0.0491. The normalized spacial score (nSPS) is 12.5. The maximum atomic E-state index is 11.2. The average molecular weight is 212 g/mol. The number of ketones is 1. The second-order valence-corrected chi connectivity index (χ2v) is 3.72. The van der Waals surface area contributed by atoms with E-state index in [1.54, 1.807) is 6.07 Å². The zero-order valence-electron chi connectivity index (χ0n) is 8.38. The Morgan fingerprint density at radius 2 is 2.21 bits per heavy atom. The van der Waals surface area contributed by atoms with Gasteiger partial charge in [-0.1, -0.05) is 13.0 Å². The Labute approximate surface area is 89.1 Å². The van der Waals surface area contributed by atoms with Crippen LogP contribution in [0.3, 0.4) is 0 Å². The zero-order chi connectivity index (χ0) is 10.7. The van der Waals surface area contributed by atoms with Crippen molar-refractivity contribution in [3.8, 4) is 0 Å². The van der Waals surface area contributed by atoms with Gasteiger partial charge in [-0.25, -0.2) is 0 Å². The van der Waals surface area contributed by atoms with Crippen molar-refractivity contribution in [2.24, 2.45) is 0 Å². The lowest BCUT2D eigenvalue weighted by Crippen LogP contribution is -2.05. The van der Waals surface area contributed by atoms with Crippen molar-refractivity contribution >= 4 is 23.1 Å². The molecule has 1 unspecified atom stereocenters. The van der Waals surface area contributed by atoms with Crippen molar-refractivity contribution in [3.63, 3.8) is 0 Å². The summed E-state index contributed by atoms with van der Waals surface area (Å²) in [6.45, 7) is 3.51.